The summed E-state index contributed by atoms with van der Waals surface area (Å²) >= 11 is 0. The van der Waals surface area contributed by atoms with Crippen LogP contribution in [0.1, 0.15) is 24.1 Å². The maximum atomic E-state index is 11.5. The number of hydrogen-bond donors (Lipinski definition) is 0. The van der Waals surface area contributed by atoms with Gasteiger partial charge in [0.2, 0.25) is 6.04 Å². The number of methoxy groups -OCH3 is 1. The number of nitrogens with zero attached hydrogens (tertiary/aromatic N) is 2. The lowest BCUT2D eigenvalue weighted by Gasteiger charge is -2.39. The zero-order valence-electron chi connectivity index (χ0n) is 13.3. The highest BCUT2D eigenvalue weighted by Gasteiger charge is 2.37. The molecular weight excluding hydrogens is 292 g/mol. The van der Waals surface area contributed by atoms with E-state index in [4.69, 9.17) is 4.74 Å². The van der Waals surface area contributed by atoms with Gasteiger partial charge in [0.25, 0.3) is 0 Å². The van der Waals surface area contributed by atoms with E-state index in [9.17, 15) is 10.1 Å². The van der Waals surface area contributed by atoms with E-state index in [1.54, 1.807) is 14.0 Å². The van der Waals surface area contributed by atoms with Crippen LogP contribution in [0.5, 0.6) is 5.75 Å². The first-order valence-electron chi connectivity index (χ1n) is 7.74. The highest BCUT2D eigenvalue weighted by molar-refractivity contribution is 5.55. The largest absolute Gasteiger partial charge is 0.497 e. The second kappa shape index (κ2) is 6.28. The molecule has 2 atom stereocenters. The monoisotopic (exact) mass is 312 g/mol. The van der Waals surface area contributed by atoms with Crippen LogP contribution in [0.3, 0.4) is 0 Å². The lowest BCUT2D eigenvalue weighted by atomic mass is 9.88. The molecule has 0 N–H and O–H groups in total. The summed E-state index contributed by atoms with van der Waals surface area (Å²) in [5.41, 5.74) is 3.20. The Balaban J connectivity index is 2.06. The number of nitro groups is 1. The minimum atomic E-state index is -0.692. The van der Waals surface area contributed by atoms with Gasteiger partial charge >= 0.3 is 0 Å². The van der Waals surface area contributed by atoms with E-state index in [-0.39, 0.29) is 11.0 Å². The Hall–Kier alpha value is -2.56. The lowest BCUT2D eigenvalue weighted by Crippen LogP contribution is -2.43. The highest BCUT2D eigenvalue weighted by atomic mass is 16.6. The Kier molecular flexibility index (Phi) is 4.19. The number of hydrogen-bond acceptors (Lipinski definition) is 4. The summed E-state index contributed by atoms with van der Waals surface area (Å²) in [6.07, 6.45) is 0.883. The first-order chi connectivity index (χ1) is 11.1. The van der Waals surface area contributed by atoms with Gasteiger partial charge in [0.15, 0.2) is 0 Å². The minimum absolute atomic E-state index is 0.195. The molecule has 0 fully saturated rings. The molecule has 2 aromatic carbocycles. The molecule has 0 saturated heterocycles. The zero-order chi connectivity index (χ0) is 16.4. The second-order valence-corrected chi connectivity index (χ2v) is 5.81. The first-order valence-corrected chi connectivity index (χ1v) is 7.74. The average molecular weight is 312 g/mol. The fourth-order valence-corrected chi connectivity index (χ4v) is 3.31. The number of rotatable bonds is 4. The molecule has 0 radical (unpaired) electrons. The van der Waals surface area contributed by atoms with E-state index in [0.717, 1.165) is 30.0 Å². The molecule has 1 heterocycles. The van der Waals surface area contributed by atoms with Crippen molar-refractivity contribution in [2.75, 3.05) is 18.6 Å². The Labute approximate surface area is 135 Å². The van der Waals surface area contributed by atoms with Crippen molar-refractivity contribution in [2.24, 2.45) is 0 Å². The third-order valence-corrected chi connectivity index (χ3v) is 4.51. The van der Waals surface area contributed by atoms with Crippen molar-refractivity contribution >= 4 is 5.69 Å². The molecule has 0 bridgehead atoms. The van der Waals surface area contributed by atoms with Crippen molar-refractivity contribution in [1.82, 2.24) is 0 Å². The van der Waals surface area contributed by atoms with Gasteiger partial charge in [-0.15, -0.1) is 0 Å². The third-order valence-electron chi connectivity index (χ3n) is 4.51. The van der Waals surface area contributed by atoms with Crippen molar-refractivity contribution in [3.8, 4) is 5.75 Å². The van der Waals surface area contributed by atoms with E-state index >= 15 is 0 Å². The van der Waals surface area contributed by atoms with Gasteiger partial charge in [-0.1, -0.05) is 30.3 Å². The third kappa shape index (κ3) is 2.86. The Bertz CT molecular complexity index is 717. The van der Waals surface area contributed by atoms with Crippen LogP contribution in [-0.4, -0.2) is 24.6 Å². The van der Waals surface area contributed by atoms with Crippen LogP contribution in [-0.2, 0) is 6.42 Å². The van der Waals surface area contributed by atoms with Crippen molar-refractivity contribution in [2.45, 2.75) is 25.4 Å². The van der Waals surface area contributed by atoms with Crippen molar-refractivity contribution < 1.29 is 9.66 Å². The van der Waals surface area contributed by atoms with Crippen LogP contribution in [0, 0.1) is 10.1 Å². The topological polar surface area (TPSA) is 55.6 Å². The van der Waals surface area contributed by atoms with E-state index < -0.39 is 6.04 Å². The second-order valence-electron chi connectivity index (χ2n) is 5.81. The molecule has 0 aromatic heterocycles. The Morgan fingerprint density at radius 3 is 2.78 bits per heavy atom. The molecule has 23 heavy (non-hydrogen) atoms. The summed E-state index contributed by atoms with van der Waals surface area (Å²) in [6, 6.07) is 14.8. The summed E-state index contributed by atoms with van der Waals surface area (Å²) in [7, 11) is 1.63. The average Bonchev–Trinajstić information content (AvgIpc) is 2.60. The van der Waals surface area contributed by atoms with Crippen LogP contribution in [0.25, 0.3) is 0 Å². The molecule has 120 valence electrons. The quantitative estimate of drug-likeness (QED) is 0.641. The maximum absolute atomic E-state index is 11.5. The van der Waals surface area contributed by atoms with Crippen molar-refractivity contribution in [3.05, 3.63) is 69.8 Å². The van der Waals surface area contributed by atoms with Gasteiger partial charge < -0.3 is 9.64 Å². The van der Waals surface area contributed by atoms with E-state index in [0.29, 0.717) is 0 Å². The molecule has 5 heteroatoms. The fraction of sp³-hybridized carbons (Fsp3) is 0.333. The van der Waals surface area contributed by atoms with Gasteiger partial charge in [-0.3, -0.25) is 10.1 Å². The fourth-order valence-electron chi connectivity index (χ4n) is 3.31. The van der Waals surface area contributed by atoms with Crippen LogP contribution in [0.2, 0.25) is 0 Å². The first kappa shape index (κ1) is 15.3. The number of anilines is 1. The van der Waals surface area contributed by atoms with E-state index in [2.05, 4.69) is 11.0 Å². The van der Waals surface area contributed by atoms with Crippen LogP contribution < -0.4 is 9.64 Å². The van der Waals surface area contributed by atoms with Gasteiger partial charge in [0.1, 0.15) is 11.8 Å². The summed E-state index contributed by atoms with van der Waals surface area (Å²) in [5, 5.41) is 11.5. The molecule has 0 spiro atoms. The molecular formula is C18H20N2O3. The molecule has 0 amide bonds. The standard InChI is InChI=1S/C18H20N2O3/c1-13(20(21)22)18-17-9-4-3-6-14(17)10-11-19(18)15-7-5-8-16(12-15)23-2/h3-9,12-13,18H,10-11H2,1-2H3. The predicted octanol–water partition coefficient (Wildman–Crippen LogP) is 3.46. The van der Waals surface area contributed by atoms with Gasteiger partial charge in [0, 0.05) is 30.1 Å². The molecule has 1 aliphatic heterocycles. The Morgan fingerprint density at radius 2 is 2.04 bits per heavy atom. The van der Waals surface area contributed by atoms with Crippen LogP contribution in [0.15, 0.2) is 48.5 Å². The summed E-state index contributed by atoms with van der Waals surface area (Å²) in [5.74, 6) is 0.758. The van der Waals surface area contributed by atoms with Crippen molar-refractivity contribution in [1.29, 1.82) is 0 Å². The normalized spacial score (nSPS) is 18.2. The Morgan fingerprint density at radius 1 is 1.26 bits per heavy atom. The van der Waals surface area contributed by atoms with E-state index in [1.165, 1.54) is 5.56 Å². The van der Waals surface area contributed by atoms with Gasteiger partial charge in [0.05, 0.1) is 7.11 Å². The summed E-state index contributed by atoms with van der Waals surface area (Å²) < 4.78 is 5.30. The molecule has 2 aromatic rings. The number of benzene rings is 2. The predicted molar refractivity (Wildman–Crippen MR) is 89.7 cm³/mol. The van der Waals surface area contributed by atoms with Crippen LogP contribution in [0.4, 0.5) is 5.69 Å². The summed E-state index contributed by atoms with van der Waals surface area (Å²) in [4.78, 5) is 13.4. The highest BCUT2D eigenvalue weighted by Crippen LogP contribution is 2.37. The van der Waals surface area contributed by atoms with Gasteiger partial charge in [-0.2, -0.15) is 0 Å². The maximum Gasteiger partial charge on any atom is 0.234 e. The minimum Gasteiger partial charge on any atom is -0.497 e. The van der Waals surface area contributed by atoms with Crippen molar-refractivity contribution in [3.63, 3.8) is 0 Å². The van der Waals surface area contributed by atoms with Gasteiger partial charge in [-0.25, -0.2) is 0 Å². The molecule has 3 rings (SSSR count). The lowest BCUT2D eigenvalue weighted by molar-refractivity contribution is -0.522. The molecule has 5 nitrogen and oxygen atoms in total. The van der Waals surface area contributed by atoms with Crippen LogP contribution >= 0.6 is 0 Å². The molecule has 2 unspecified atom stereocenters. The number of ether oxygens (including phenoxy) is 1. The zero-order valence-corrected chi connectivity index (χ0v) is 13.3. The van der Waals surface area contributed by atoms with Gasteiger partial charge in [-0.05, 0) is 29.7 Å². The molecule has 0 saturated carbocycles. The smallest absolute Gasteiger partial charge is 0.234 e. The molecule has 0 aliphatic carbocycles. The number of fused-ring (bicyclic) bond motifs is 1. The summed E-state index contributed by atoms with van der Waals surface area (Å²) in [6.45, 7) is 2.44. The SMILES string of the molecule is COc1cccc(N2CCc3ccccc3C2C(C)[N+](=O)[O-])c1. The molecule has 1 aliphatic rings. The van der Waals surface area contributed by atoms with E-state index in [1.807, 2.05) is 42.5 Å².